The maximum absolute atomic E-state index is 12.4. The molecule has 2 amide bonds. The van der Waals surface area contributed by atoms with Crippen molar-refractivity contribution in [2.45, 2.75) is 19.6 Å². The minimum atomic E-state index is -2.93. The summed E-state index contributed by atoms with van der Waals surface area (Å²) in [5, 5.41) is 2.84. The van der Waals surface area contributed by atoms with Crippen molar-refractivity contribution in [2.24, 2.45) is 0 Å². The van der Waals surface area contributed by atoms with E-state index in [1.807, 2.05) is 24.3 Å². The molecule has 152 valence electrons. The Kier molecular flexibility index (Phi) is 7.86. The predicted octanol–water partition coefficient (Wildman–Crippen LogP) is 3.69. The third kappa shape index (κ3) is 6.00. The number of alkyl halides is 2. The lowest BCUT2D eigenvalue weighted by atomic mass is 10.1. The highest BCUT2D eigenvalue weighted by molar-refractivity contribution is 5.73. The summed E-state index contributed by atoms with van der Waals surface area (Å²) in [7, 11) is 4.62. The third-order valence-electron chi connectivity index (χ3n) is 4.07. The lowest BCUT2D eigenvalue weighted by molar-refractivity contribution is -0.0512. The molecule has 0 saturated carbocycles. The van der Waals surface area contributed by atoms with Crippen molar-refractivity contribution in [1.29, 1.82) is 0 Å². The topological polar surface area (TPSA) is 60.0 Å². The zero-order valence-electron chi connectivity index (χ0n) is 16.1. The van der Waals surface area contributed by atoms with Gasteiger partial charge in [-0.25, -0.2) is 4.79 Å². The van der Waals surface area contributed by atoms with Crippen LogP contribution in [-0.2, 0) is 13.0 Å². The fourth-order valence-electron chi connectivity index (χ4n) is 2.70. The molecule has 0 bridgehead atoms. The van der Waals surface area contributed by atoms with E-state index >= 15 is 0 Å². The molecule has 0 radical (unpaired) electrons. The molecule has 1 N–H and O–H groups in total. The summed E-state index contributed by atoms with van der Waals surface area (Å²) in [6, 6.07) is 12.0. The van der Waals surface area contributed by atoms with Gasteiger partial charge in [-0.2, -0.15) is 8.78 Å². The quantitative estimate of drug-likeness (QED) is 0.705. The molecule has 8 heteroatoms. The monoisotopic (exact) mass is 394 g/mol. The zero-order chi connectivity index (χ0) is 20.5. The highest BCUT2D eigenvalue weighted by Crippen LogP contribution is 2.29. The lowest BCUT2D eigenvalue weighted by Gasteiger charge is -2.19. The van der Waals surface area contributed by atoms with Gasteiger partial charge in [0, 0.05) is 20.1 Å². The van der Waals surface area contributed by atoms with Crippen LogP contribution < -0.4 is 19.5 Å². The number of benzene rings is 2. The Labute approximate surface area is 163 Å². The number of halogens is 2. The first-order chi connectivity index (χ1) is 13.4. The molecule has 0 spiro atoms. The molecule has 0 aromatic heterocycles. The van der Waals surface area contributed by atoms with E-state index in [1.54, 1.807) is 26.3 Å². The Hall–Kier alpha value is -3.03. The van der Waals surface area contributed by atoms with Gasteiger partial charge < -0.3 is 24.4 Å². The van der Waals surface area contributed by atoms with Gasteiger partial charge in [-0.1, -0.05) is 24.3 Å². The number of nitrogens with one attached hydrogen (secondary N) is 1. The van der Waals surface area contributed by atoms with Crippen molar-refractivity contribution in [3.8, 4) is 17.2 Å². The Morgan fingerprint density at radius 2 is 1.79 bits per heavy atom. The molecule has 0 heterocycles. The number of para-hydroxylation sites is 1. The summed E-state index contributed by atoms with van der Waals surface area (Å²) in [4.78, 5) is 13.8. The van der Waals surface area contributed by atoms with Crippen LogP contribution in [0.5, 0.6) is 17.2 Å². The third-order valence-corrected chi connectivity index (χ3v) is 4.07. The van der Waals surface area contributed by atoms with E-state index in [0.717, 1.165) is 16.9 Å². The molecule has 0 aliphatic heterocycles. The fraction of sp³-hybridized carbons (Fsp3) is 0.350. The largest absolute Gasteiger partial charge is 0.496 e. The molecule has 2 aromatic carbocycles. The number of ether oxygens (including phenoxy) is 3. The Morgan fingerprint density at radius 1 is 1.07 bits per heavy atom. The number of urea groups is 1. The molecule has 2 aromatic rings. The van der Waals surface area contributed by atoms with Crippen molar-refractivity contribution in [3.05, 3.63) is 53.6 Å². The van der Waals surface area contributed by atoms with Gasteiger partial charge in [0.05, 0.1) is 14.2 Å². The molecule has 0 unspecified atom stereocenters. The number of methoxy groups -OCH3 is 2. The maximum atomic E-state index is 12.4. The van der Waals surface area contributed by atoms with Gasteiger partial charge in [0.15, 0.2) is 11.5 Å². The number of hydrogen-bond acceptors (Lipinski definition) is 4. The summed E-state index contributed by atoms with van der Waals surface area (Å²) in [6.07, 6.45) is 0.636. The van der Waals surface area contributed by atoms with Crippen LogP contribution in [-0.4, -0.2) is 45.4 Å². The van der Waals surface area contributed by atoms with Crippen LogP contribution >= 0.6 is 0 Å². The molecule has 2 rings (SSSR count). The second kappa shape index (κ2) is 10.3. The average molecular weight is 394 g/mol. The van der Waals surface area contributed by atoms with Crippen molar-refractivity contribution in [3.63, 3.8) is 0 Å². The highest BCUT2D eigenvalue weighted by atomic mass is 19.3. The van der Waals surface area contributed by atoms with Gasteiger partial charge in [0.2, 0.25) is 0 Å². The number of amides is 2. The van der Waals surface area contributed by atoms with Crippen LogP contribution in [0.1, 0.15) is 11.1 Å². The van der Waals surface area contributed by atoms with E-state index < -0.39 is 6.61 Å². The first kappa shape index (κ1) is 21.3. The molecule has 0 aliphatic carbocycles. The second-order valence-corrected chi connectivity index (χ2v) is 6.01. The summed E-state index contributed by atoms with van der Waals surface area (Å²) in [6.45, 7) is -2.20. The van der Waals surface area contributed by atoms with Crippen LogP contribution in [0.2, 0.25) is 0 Å². The van der Waals surface area contributed by atoms with Crippen LogP contribution in [0.15, 0.2) is 42.5 Å². The Balaban J connectivity index is 1.89. The van der Waals surface area contributed by atoms with E-state index in [-0.39, 0.29) is 24.1 Å². The summed E-state index contributed by atoms with van der Waals surface area (Å²) >= 11 is 0. The maximum Gasteiger partial charge on any atom is 0.387 e. The molecule has 28 heavy (non-hydrogen) atoms. The first-order valence-corrected chi connectivity index (χ1v) is 8.67. The number of hydrogen-bond donors (Lipinski definition) is 1. The van der Waals surface area contributed by atoms with E-state index in [2.05, 4.69) is 10.1 Å². The smallest absolute Gasteiger partial charge is 0.387 e. The van der Waals surface area contributed by atoms with E-state index in [4.69, 9.17) is 9.47 Å². The van der Waals surface area contributed by atoms with Gasteiger partial charge >= 0.3 is 12.6 Å². The molecular weight excluding hydrogens is 370 g/mol. The van der Waals surface area contributed by atoms with Gasteiger partial charge in [-0.05, 0) is 35.7 Å². The highest BCUT2D eigenvalue weighted by Gasteiger charge is 2.14. The molecule has 6 nitrogen and oxygen atoms in total. The summed E-state index contributed by atoms with van der Waals surface area (Å²) < 4.78 is 39.6. The molecule has 0 fully saturated rings. The average Bonchev–Trinajstić information content (AvgIpc) is 2.68. The first-order valence-electron chi connectivity index (χ1n) is 8.67. The van der Waals surface area contributed by atoms with E-state index in [0.29, 0.717) is 13.0 Å². The van der Waals surface area contributed by atoms with E-state index in [9.17, 15) is 13.6 Å². The SMILES string of the molecule is COc1ccccc1CCNC(=O)N(C)Cc1ccc(OC(F)F)c(OC)c1. The molecule has 0 atom stereocenters. The standard InChI is InChI=1S/C20H24F2N2O4/c1-24(13-14-8-9-17(28-19(21)22)18(12-14)27-3)20(25)23-11-10-15-6-4-5-7-16(15)26-2/h4-9,12,19H,10-11,13H2,1-3H3,(H,23,25). The normalized spacial score (nSPS) is 10.5. The number of carbonyl (C=O) groups is 1. The number of nitrogens with zero attached hydrogens (tertiary/aromatic N) is 1. The lowest BCUT2D eigenvalue weighted by Crippen LogP contribution is -2.37. The van der Waals surface area contributed by atoms with Gasteiger partial charge in [0.1, 0.15) is 5.75 Å². The minimum Gasteiger partial charge on any atom is -0.496 e. The zero-order valence-corrected chi connectivity index (χ0v) is 16.1. The Bertz CT molecular complexity index is 787. The van der Waals surface area contributed by atoms with E-state index in [1.165, 1.54) is 18.1 Å². The van der Waals surface area contributed by atoms with Crippen LogP contribution in [0.4, 0.5) is 13.6 Å². The minimum absolute atomic E-state index is 0.0508. The number of rotatable bonds is 9. The molecule has 0 saturated heterocycles. The van der Waals surface area contributed by atoms with Crippen LogP contribution in [0.3, 0.4) is 0 Å². The molecule has 0 aliphatic rings. The van der Waals surface area contributed by atoms with Crippen molar-refractivity contribution in [2.75, 3.05) is 27.8 Å². The van der Waals surface area contributed by atoms with Gasteiger partial charge in [-0.3, -0.25) is 0 Å². The Morgan fingerprint density at radius 3 is 2.46 bits per heavy atom. The summed E-state index contributed by atoms with van der Waals surface area (Å²) in [5.41, 5.74) is 1.73. The molecular formula is C20H24F2N2O4. The second-order valence-electron chi connectivity index (χ2n) is 6.01. The van der Waals surface area contributed by atoms with Crippen molar-refractivity contribution >= 4 is 6.03 Å². The van der Waals surface area contributed by atoms with Crippen molar-refractivity contribution in [1.82, 2.24) is 10.2 Å². The van der Waals surface area contributed by atoms with Crippen molar-refractivity contribution < 1.29 is 27.8 Å². The number of carbonyl (C=O) groups excluding carboxylic acids is 1. The van der Waals surface area contributed by atoms with Crippen LogP contribution in [0, 0.1) is 0 Å². The van der Waals surface area contributed by atoms with Gasteiger partial charge in [0.25, 0.3) is 0 Å². The van der Waals surface area contributed by atoms with Gasteiger partial charge in [-0.15, -0.1) is 0 Å². The summed E-state index contributed by atoms with van der Waals surface area (Å²) in [5.74, 6) is 0.913. The predicted molar refractivity (Wildman–Crippen MR) is 101 cm³/mol. The fourth-order valence-corrected chi connectivity index (χ4v) is 2.70. The van der Waals surface area contributed by atoms with Crippen LogP contribution in [0.25, 0.3) is 0 Å².